The van der Waals surface area contributed by atoms with Crippen LogP contribution in [0.4, 0.5) is 11.5 Å². The van der Waals surface area contributed by atoms with Crippen molar-refractivity contribution in [2.45, 2.75) is 6.42 Å². The minimum Gasteiger partial charge on any atom is -0.398 e. The molecule has 2 heterocycles. The number of benzene rings is 2. The van der Waals surface area contributed by atoms with Gasteiger partial charge in [0.25, 0.3) is 0 Å². The maximum absolute atomic E-state index is 8.75. The molecule has 5 nitrogen and oxygen atoms in total. The Morgan fingerprint density at radius 3 is 2.57 bits per heavy atom. The highest BCUT2D eigenvalue weighted by Crippen LogP contribution is 2.22. The molecule has 28 heavy (non-hydrogen) atoms. The van der Waals surface area contributed by atoms with Crippen LogP contribution in [0.2, 0.25) is 0 Å². The molecule has 0 bridgehead atoms. The summed E-state index contributed by atoms with van der Waals surface area (Å²) < 4.78 is 5.42. The van der Waals surface area contributed by atoms with Gasteiger partial charge in [0.15, 0.2) is 0 Å². The second kappa shape index (κ2) is 8.23. The number of nitrogens with two attached hydrogens (primary N) is 1. The molecule has 5 heteroatoms. The zero-order valence-corrected chi connectivity index (χ0v) is 15.8. The average Bonchev–Trinajstić information content (AvgIpc) is 2.76. The van der Waals surface area contributed by atoms with Crippen LogP contribution < -0.4 is 10.6 Å². The van der Waals surface area contributed by atoms with Crippen LogP contribution in [0, 0.1) is 5.41 Å². The molecule has 2 aromatic carbocycles. The van der Waals surface area contributed by atoms with E-state index < -0.39 is 0 Å². The standard InChI is InChI=1S/C23H24N4O/c24-21-7-6-18(14-17-4-2-1-3-5-17)15-20(21)23(25)19-8-9-26-22(16-19)27-10-12-28-13-11-27/h1-9,15-16,25H,10-14,24H2. The summed E-state index contributed by atoms with van der Waals surface area (Å²) in [6.45, 7) is 3.05. The smallest absolute Gasteiger partial charge is 0.129 e. The van der Waals surface area contributed by atoms with Crippen LogP contribution in [0.3, 0.4) is 0 Å². The monoisotopic (exact) mass is 372 g/mol. The van der Waals surface area contributed by atoms with Crippen molar-refractivity contribution in [1.29, 1.82) is 5.41 Å². The van der Waals surface area contributed by atoms with Crippen molar-refractivity contribution >= 4 is 17.2 Å². The molecule has 142 valence electrons. The minimum absolute atomic E-state index is 0.421. The van der Waals surface area contributed by atoms with Gasteiger partial charge in [-0.25, -0.2) is 4.98 Å². The Morgan fingerprint density at radius 1 is 1.00 bits per heavy atom. The van der Waals surface area contributed by atoms with Gasteiger partial charge in [-0.05, 0) is 41.8 Å². The van der Waals surface area contributed by atoms with Crippen LogP contribution in [0.15, 0.2) is 66.9 Å². The predicted molar refractivity (Wildman–Crippen MR) is 113 cm³/mol. The van der Waals surface area contributed by atoms with Crippen molar-refractivity contribution in [2.75, 3.05) is 36.9 Å². The molecule has 1 aliphatic rings. The summed E-state index contributed by atoms with van der Waals surface area (Å²) in [5.74, 6) is 0.879. The first-order valence-electron chi connectivity index (χ1n) is 9.51. The van der Waals surface area contributed by atoms with Gasteiger partial charge in [0.2, 0.25) is 0 Å². The number of morpholine rings is 1. The van der Waals surface area contributed by atoms with Crippen LogP contribution in [0.1, 0.15) is 22.3 Å². The van der Waals surface area contributed by atoms with E-state index in [0.717, 1.165) is 42.0 Å². The molecule has 0 spiro atoms. The highest BCUT2D eigenvalue weighted by Gasteiger charge is 2.15. The zero-order chi connectivity index (χ0) is 19.3. The van der Waals surface area contributed by atoms with Crippen LogP contribution in [0.25, 0.3) is 0 Å². The van der Waals surface area contributed by atoms with E-state index in [-0.39, 0.29) is 0 Å². The number of nitrogen functional groups attached to an aromatic ring is 1. The number of aromatic nitrogens is 1. The number of nitrogens with one attached hydrogen (secondary N) is 1. The van der Waals surface area contributed by atoms with Gasteiger partial charge in [-0.15, -0.1) is 0 Å². The van der Waals surface area contributed by atoms with Crippen molar-refractivity contribution in [1.82, 2.24) is 4.98 Å². The highest BCUT2D eigenvalue weighted by molar-refractivity contribution is 6.14. The van der Waals surface area contributed by atoms with Crippen LogP contribution in [-0.4, -0.2) is 37.0 Å². The minimum atomic E-state index is 0.421. The molecular weight excluding hydrogens is 348 g/mol. The van der Waals surface area contributed by atoms with Gasteiger partial charge in [0, 0.05) is 36.1 Å². The Balaban J connectivity index is 1.60. The first-order chi connectivity index (χ1) is 13.7. The molecule has 3 aromatic rings. The summed E-state index contributed by atoms with van der Waals surface area (Å²) in [4.78, 5) is 6.67. The predicted octanol–water partition coefficient (Wildman–Crippen LogP) is 3.51. The first kappa shape index (κ1) is 18.2. The van der Waals surface area contributed by atoms with Gasteiger partial charge < -0.3 is 15.4 Å². The molecule has 4 rings (SSSR count). The second-order valence-electron chi connectivity index (χ2n) is 6.96. The molecule has 3 N–H and O–H groups in total. The van der Waals surface area contributed by atoms with Crippen LogP contribution in [-0.2, 0) is 11.2 Å². The molecule has 0 radical (unpaired) electrons. The van der Waals surface area contributed by atoms with E-state index in [1.165, 1.54) is 5.56 Å². The number of pyridine rings is 1. The lowest BCUT2D eigenvalue weighted by Gasteiger charge is -2.28. The fourth-order valence-corrected chi connectivity index (χ4v) is 3.46. The molecule has 0 unspecified atom stereocenters. The lowest BCUT2D eigenvalue weighted by Crippen LogP contribution is -2.36. The number of hydrogen-bond acceptors (Lipinski definition) is 5. The zero-order valence-electron chi connectivity index (χ0n) is 15.8. The Morgan fingerprint density at radius 2 is 1.79 bits per heavy atom. The molecular formula is C23H24N4O. The number of nitrogens with zero attached hydrogens (tertiary/aromatic N) is 2. The van der Waals surface area contributed by atoms with Gasteiger partial charge in [-0.3, -0.25) is 5.41 Å². The van der Waals surface area contributed by atoms with Gasteiger partial charge in [-0.1, -0.05) is 36.4 Å². The summed E-state index contributed by atoms with van der Waals surface area (Å²) in [6, 6.07) is 20.1. The average molecular weight is 372 g/mol. The molecule has 0 saturated carbocycles. The van der Waals surface area contributed by atoms with Crippen molar-refractivity contribution in [3.63, 3.8) is 0 Å². The van der Waals surface area contributed by atoms with Crippen molar-refractivity contribution in [2.24, 2.45) is 0 Å². The third-order valence-corrected chi connectivity index (χ3v) is 5.01. The van der Waals surface area contributed by atoms with Gasteiger partial charge in [0.05, 0.1) is 18.9 Å². The molecule has 0 amide bonds. The molecule has 1 aromatic heterocycles. The lowest BCUT2D eigenvalue weighted by atomic mass is 9.96. The summed E-state index contributed by atoms with van der Waals surface area (Å²) in [5, 5.41) is 8.75. The SMILES string of the molecule is N=C(c1ccnc(N2CCOCC2)c1)c1cc(Cc2ccccc2)ccc1N. The maximum Gasteiger partial charge on any atom is 0.129 e. The van der Waals surface area contributed by atoms with Gasteiger partial charge in [-0.2, -0.15) is 0 Å². The third-order valence-electron chi connectivity index (χ3n) is 5.01. The first-order valence-corrected chi connectivity index (χ1v) is 9.51. The molecule has 1 aliphatic heterocycles. The fourth-order valence-electron chi connectivity index (χ4n) is 3.46. The number of hydrogen-bond donors (Lipinski definition) is 2. The Kier molecular flexibility index (Phi) is 5.35. The lowest BCUT2D eigenvalue weighted by molar-refractivity contribution is 0.122. The van der Waals surface area contributed by atoms with Gasteiger partial charge >= 0.3 is 0 Å². The largest absolute Gasteiger partial charge is 0.398 e. The second-order valence-corrected chi connectivity index (χ2v) is 6.96. The van der Waals surface area contributed by atoms with Crippen LogP contribution >= 0.6 is 0 Å². The van der Waals surface area contributed by atoms with Crippen LogP contribution in [0.5, 0.6) is 0 Å². The van der Waals surface area contributed by atoms with E-state index in [1.54, 1.807) is 6.20 Å². The number of anilines is 2. The Labute approximate surface area is 165 Å². The van der Waals surface area contributed by atoms with E-state index in [4.69, 9.17) is 15.9 Å². The van der Waals surface area contributed by atoms with E-state index in [9.17, 15) is 0 Å². The maximum atomic E-state index is 8.75. The molecule has 0 aliphatic carbocycles. The van der Waals surface area contributed by atoms with Crippen molar-refractivity contribution < 1.29 is 4.74 Å². The molecule has 1 saturated heterocycles. The summed E-state index contributed by atoms with van der Waals surface area (Å²) in [7, 11) is 0. The van der Waals surface area contributed by atoms with E-state index in [1.807, 2.05) is 48.5 Å². The summed E-state index contributed by atoms with van der Waals surface area (Å²) >= 11 is 0. The summed E-state index contributed by atoms with van der Waals surface area (Å²) in [5.41, 5.74) is 11.2. The number of rotatable bonds is 5. The normalized spacial score (nSPS) is 14.1. The Bertz CT molecular complexity index is 965. The quantitative estimate of drug-likeness (QED) is 0.531. The highest BCUT2D eigenvalue weighted by atomic mass is 16.5. The van der Waals surface area contributed by atoms with E-state index >= 15 is 0 Å². The molecule has 1 fully saturated rings. The van der Waals surface area contributed by atoms with E-state index in [0.29, 0.717) is 24.6 Å². The summed E-state index contributed by atoms with van der Waals surface area (Å²) in [6.07, 6.45) is 2.58. The Hall–Kier alpha value is -3.18. The molecule has 0 atom stereocenters. The van der Waals surface area contributed by atoms with E-state index in [2.05, 4.69) is 22.0 Å². The fraction of sp³-hybridized carbons (Fsp3) is 0.217. The number of ether oxygens (including phenoxy) is 1. The van der Waals surface area contributed by atoms with Crippen molar-refractivity contribution in [3.05, 3.63) is 89.1 Å². The van der Waals surface area contributed by atoms with Gasteiger partial charge in [0.1, 0.15) is 5.82 Å². The third kappa shape index (κ3) is 4.05. The topological polar surface area (TPSA) is 75.2 Å². The van der Waals surface area contributed by atoms with Crippen molar-refractivity contribution in [3.8, 4) is 0 Å².